The van der Waals surface area contributed by atoms with Crippen molar-refractivity contribution in [1.29, 1.82) is 0 Å². The van der Waals surface area contributed by atoms with E-state index in [4.69, 9.17) is 9.98 Å². The molecule has 2 aromatic rings. The van der Waals surface area contributed by atoms with Crippen LogP contribution in [-0.4, -0.2) is 28.1 Å². The van der Waals surface area contributed by atoms with Crippen molar-refractivity contribution >= 4 is 50.0 Å². The Bertz CT molecular complexity index is 955. The Labute approximate surface area is 175 Å². The lowest BCUT2D eigenvalue weighted by atomic mass is 10.1. The number of aliphatic imine (C=N–C) groups is 2. The lowest BCUT2D eigenvalue weighted by Gasteiger charge is -2.14. The number of benzene rings is 2. The Morgan fingerprint density at radius 1 is 1.14 bits per heavy atom. The molecule has 4 nitrogen and oxygen atoms in total. The highest BCUT2D eigenvalue weighted by atomic mass is 79.9. The van der Waals surface area contributed by atoms with Gasteiger partial charge in [0, 0.05) is 10.0 Å². The normalized spacial score (nSPS) is 17.5. The quantitative estimate of drug-likeness (QED) is 0.662. The van der Waals surface area contributed by atoms with Crippen molar-refractivity contribution in [3.8, 4) is 0 Å². The maximum absolute atomic E-state index is 13.9. The largest absolute Gasteiger partial charge is 0.323 e. The Hall–Kier alpha value is -1.99. The average Bonchev–Trinajstić information content (AvgIpc) is 3.30. The van der Waals surface area contributed by atoms with E-state index in [1.54, 1.807) is 12.1 Å². The number of carbonyl (C=O) groups excluding carboxylic acids is 1. The van der Waals surface area contributed by atoms with Gasteiger partial charge in [-0.2, -0.15) is 0 Å². The van der Waals surface area contributed by atoms with Gasteiger partial charge < -0.3 is 5.32 Å². The van der Waals surface area contributed by atoms with Crippen molar-refractivity contribution in [3.63, 3.8) is 0 Å². The van der Waals surface area contributed by atoms with Gasteiger partial charge in [-0.25, -0.2) is 9.38 Å². The Morgan fingerprint density at radius 3 is 2.61 bits per heavy atom. The molecule has 1 heterocycles. The first-order valence-corrected chi connectivity index (χ1v) is 11.0. The van der Waals surface area contributed by atoms with Crippen molar-refractivity contribution in [2.24, 2.45) is 9.98 Å². The van der Waals surface area contributed by atoms with Crippen molar-refractivity contribution in [2.45, 2.75) is 31.3 Å². The third-order valence-corrected chi connectivity index (χ3v) is 6.29. The van der Waals surface area contributed by atoms with Gasteiger partial charge in [0.1, 0.15) is 10.9 Å². The molecule has 144 valence electrons. The van der Waals surface area contributed by atoms with Crippen molar-refractivity contribution in [3.05, 3.63) is 64.4 Å². The lowest BCUT2D eigenvalue weighted by Crippen LogP contribution is -2.18. The number of amides is 1. The fourth-order valence-corrected chi connectivity index (χ4v) is 4.69. The van der Waals surface area contributed by atoms with E-state index in [1.807, 2.05) is 30.3 Å². The van der Waals surface area contributed by atoms with E-state index in [-0.39, 0.29) is 23.0 Å². The summed E-state index contributed by atoms with van der Waals surface area (Å²) < 4.78 is 14.6. The minimum atomic E-state index is -0.470. The number of anilines is 1. The Kier molecular flexibility index (Phi) is 5.64. The van der Waals surface area contributed by atoms with Gasteiger partial charge in [0.05, 0.1) is 17.2 Å². The minimum Gasteiger partial charge on any atom is -0.323 e. The molecule has 28 heavy (non-hydrogen) atoms. The van der Waals surface area contributed by atoms with E-state index in [2.05, 4.69) is 21.2 Å². The molecule has 0 bridgehead atoms. The molecule has 1 aliphatic heterocycles. The van der Waals surface area contributed by atoms with Crippen LogP contribution in [0.15, 0.2) is 63.0 Å². The molecule has 1 N–H and O–H groups in total. The zero-order valence-corrected chi connectivity index (χ0v) is 17.5. The number of hydrogen-bond acceptors (Lipinski definition) is 4. The van der Waals surface area contributed by atoms with Crippen LogP contribution in [0, 0.1) is 5.82 Å². The van der Waals surface area contributed by atoms with Gasteiger partial charge in [0.15, 0.2) is 5.66 Å². The molecule has 0 saturated heterocycles. The van der Waals surface area contributed by atoms with Gasteiger partial charge in [-0.15, -0.1) is 0 Å². The van der Waals surface area contributed by atoms with E-state index >= 15 is 0 Å². The highest BCUT2D eigenvalue weighted by Gasteiger charge is 2.39. The minimum absolute atomic E-state index is 0.149. The van der Waals surface area contributed by atoms with E-state index in [0.717, 1.165) is 42.0 Å². The van der Waals surface area contributed by atoms with E-state index in [9.17, 15) is 9.18 Å². The first-order chi connectivity index (χ1) is 13.5. The molecule has 2 aliphatic rings. The summed E-state index contributed by atoms with van der Waals surface area (Å²) in [6.07, 6.45) is 4.14. The number of halogens is 2. The Morgan fingerprint density at radius 2 is 1.89 bits per heavy atom. The predicted molar refractivity (Wildman–Crippen MR) is 117 cm³/mol. The molecule has 2 aromatic carbocycles. The molecule has 1 amide bonds. The van der Waals surface area contributed by atoms with Crippen molar-refractivity contribution < 1.29 is 9.18 Å². The summed E-state index contributed by atoms with van der Waals surface area (Å²) in [6.45, 7) is 0. The van der Waals surface area contributed by atoms with Crippen LogP contribution in [-0.2, 0) is 4.79 Å². The third kappa shape index (κ3) is 4.20. The van der Waals surface area contributed by atoms with Crippen LogP contribution in [0.2, 0.25) is 0 Å². The third-order valence-electron chi connectivity index (χ3n) is 4.83. The van der Waals surface area contributed by atoms with Crippen LogP contribution in [0.1, 0.15) is 31.2 Å². The second-order valence-electron chi connectivity index (χ2n) is 6.89. The number of nitrogens with one attached hydrogen (secondary N) is 1. The van der Waals surface area contributed by atoms with Crippen LogP contribution in [0.25, 0.3) is 0 Å². The summed E-state index contributed by atoms with van der Waals surface area (Å²) in [4.78, 5) is 22.2. The van der Waals surface area contributed by atoms with Crippen molar-refractivity contribution in [2.75, 3.05) is 11.1 Å². The summed E-state index contributed by atoms with van der Waals surface area (Å²) in [5.41, 5.74) is 1.68. The van der Waals surface area contributed by atoms with E-state index in [0.29, 0.717) is 4.47 Å². The van der Waals surface area contributed by atoms with E-state index in [1.165, 1.54) is 17.8 Å². The molecule has 0 unspecified atom stereocenters. The van der Waals surface area contributed by atoms with Gasteiger partial charge in [0.25, 0.3) is 0 Å². The summed E-state index contributed by atoms with van der Waals surface area (Å²) in [5, 5.41) is 3.42. The number of rotatable bonds is 4. The Balaban J connectivity index is 1.48. The van der Waals surface area contributed by atoms with Crippen molar-refractivity contribution in [1.82, 2.24) is 0 Å². The molecule has 1 aliphatic carbocycles. The van der Waals surface area contributed by atoms with Gasteiger partial charge >= 0.3 is 0 Å². The second kappa shape index (κ2) is 8.17. The van der Waals surface area contributed by atoms with Crippen LogP contribution in [0.3, 0.4) is 0 Å². The summed E-state index contributed by atoms with van der Waals surface area (Å²) >= 11 is 4.57. The van der Waals surface area contributed by atoms with Gasteiger partial charge in [-0.3, -0.25) is 9.79 Å². The smallest absolute Gasteiger partial charge is 0.234 e. The van der Waals surface area contributed by atoms with Gasteiger partial charge in [-0.05, 0) is 43.9 Å². The molecule has 1 spiro atoms. The summed E-state index contributed by atoms with van der Waals surface area (Å²) in [5.74, 6) is -0.591. The highest BCUT2D eigenvalue weighted by Crippen LogP contribution is 2.40. The fraction of sp³-hybridized carbons (Fsp3) is 0.286. The highest BCUT2D eigenvalue weighted by molar-refractivity contribution is 9.10. The zero-order valence-electron chi connectivity index (χ0n) is 15.1. The molecular weight excluding hydrogens is 441 g/mol. The predicted octanol–water partition coefficient (Wildman–Crippen LogP) is 5.43. The number of thioether (sulfide) groups is 1. The zero-order chi connectivity index (χ0) is 19.6. The molecule has 0 radical (unpaired) electrons. The number of hydrogen-bond donors (Lipinski definition) is 1. The maximum atomic E-state index is 13.9. The standard InChI is InChI=1S/C21H19BrFN3OS/c22-15-8-9-17(16(23)12-15)24-18(27)13-28-20-19(14-6-2-1-3-7-14)25-21(26-20)10-4-5-11-21/h1-3,6-9,12H,4-5,10-11,13H2,(H,24,27). The first kappa shape index (κ1) is 19.3. The molecule has 4 rings (SSSR count). The summed E-state index contributed by atoms with van der Waals surface area (Å²) in [6, 6.07) is 14.5. The number of carbonyl (C=O) groups is 1. The average molecular weight is 460 g/mol. The van der Waals surface area contributed by atoms with E-state index < -0.39 is 5.82 Å². The molecule has 0 atom stereocenters. The number of nitrogens with zero attached hydrogens (tertiary/aromatic N) is 2. The molecule has 7 heteroatoms. The first-order valence-electron chi connectivity index (χ1n) is 9.18. The SMILES string of the molecule is O=C(CSC1=NC2(CCCC2)N=C1c1ccccc1)Nc1ccc(Br)cc1F. The van der Waals surface area contributed by atoms with Crippen LogP contribution in [0.4, 0.5) is 10.1 Å². The topological polar surface area (TPSA) is 53.8 Å². The second-order valence-corrected chi connectivity index (χ2v) is 8.77. The van der Waals surface area contributed by atoms with Gasteiger partial charge in [-0.1, -0.05) is 58.0 Å². The van der Waals surface area contributed by atoms with Gasteiger partial charge in [0.2, 0.25) is 5.91 Å². The molecule has 0 aromatic heterocycles. The molecule has 1 saturated carbocycles. The summed E-state index contributed by atoms with van der Waals surface area (Å²) in [7, 11) is 0. The lowest BCUT2D eigenvalue weighted by molar-refractivity contribution is -0.113. The monoisotopic (exact) mass is 459 g/mol. The van der Waals surface area contributed by atoms with Crippen LogP contribution >= 0.6 is 27.7 Å². The maximum Gasteiger partial charge on any atom is 0.234 e. The fourth-order valence-electron chi connectivity index (χ4n) is 3.48. The molecule has 1 fully saturated rings. The van der Waals surface area contributed by atoms with Crippen LogP contribution in [0.5, 0.6) is 0 Å². The molecular formula is C21H19BrFN3OS. The van der Waals surface area contributed by atoms with Crippen LogP contribution < -0.4 is 5.32 Å².